The molecule has 0 atom stereocenters. The van der Waals surface area contributed by atoms with E-state index in [9.17, 15) is 0 Å². The monoisotopic (exact) mass is 204 g/mol. The van der Waals surface area contributed by atoms with Crippen molar-refractivity contribution in [2.45, 2.75) is 32.6 Å². The van der Waals surface area contributed by atoms with Gasteiger partial charge in [-0.05, 0) is 29.5 Å². The van der Waals surface area contributed by atoms with Gasteiger partial charge < -0.3 is 6.53 Å². The zero-order valence-corrected chi connectivity index (χ0v) is 12.1. The Morgan fingerprint density at radius 2 is 1.69 bits per heavy atom. The van der Waals surface area contributed by atoms with Gasteiger partial charge in [-0.15, -0.1) is 0 Å². The van der Waals surface area contributed by atoms with Gasteiger partial charge >= 0.3 is 51.4 Å². The minimum Gasteiger partial charge on any atom is -1.00 e. The van der Waals surface area contributed by atoms with Crippen LogP contribution in [0.15, 0.2) is 24.3 Å². The van der Waals surface area contributed by atoms with Crippen LogP contribution < -0.4 is 51.4 Å². The standard InChI is InChI=1S/C11H16O.K.H/c1-4-11(2,3)9-5-7-10(12)8-6-9;;/h5-8,12H,4H2,1-3H3;;/q;+1;-1. The van der Waals surface area contributed by atoms with E-state index in [4.69, 9.17) is 5.11 Å². The molecule has 1 N–H and O–H groups in total. The third-order valence-corrected chi connectivity index (χ3v) is 2.53. The summed E-state index contributed by atoms with van der Waals surface area (Å²) in [5, 5.41) is 9.10. The van der Waals surface area contributed by atoms with E-state index in [-0.39, 0.29) is 58.2 Å². The zero-order valence-electron chi connectivity index (χ0n) is 9.96. The molecule has 0 unspecified atom stereocenters. The molecule has 0 aromatic heterocycles. The molecule has 2 heteroatoms. The molecule has 0 saturated heterocycles. The number of benzene rings is 1. The largest absolute Gasteiger partial charge is 1.00 e. The van der Waals surface area contributed by atoms with Crippen LogP contribution in [0, 0.1) is 0 Å². The average Bonchev–Trinajstić information content (AvgIpc) is 2.05. The van der Waals surface area contributed by atoms with Crippen molar-refractivity contribution in [2.75, 3.05) is 0 Å². The quantitative estimate of drug-likeness (QED) is 0.682. The second-order valence-corrected chi connectivity index (χ2v) is 3.78. The van der Waals surface area contributed by atoms with Gasteiger partial charge in [0.1, 0.15) is 5.75 Å². The fourth-order valence-corrected chi connectivity index (χ4v) is 1.12. The van der Waals surface area contributed by atoms with Crippen LogP contribution in [0.1, 0.15) is 34.2 Å². The number of phenols is 1. The van der Waals surface area contributed by atoms with Gasteiger partial charge in [0, 0.05) is 0 Å². The molecule has 13 heavy (non-hydrogen) atoms. The zero-order chi connectivity index (χ0) is 9.19. The Morgan fingerprint density at radius 3 is 2.08 bits per heavy atom. The molecule has 1 nitrogen and oxygen atoms in total. The smallest absolute Gasteiger partial charge is 1.00 e. The van der Waals surface area contributed by atoms with Crippen LogP contribution >= 0.6 is 0 Å². The second-order valence-electron chi connectivity index (χ2n) is 3.78. The van der Waals surface area contributed by atoms with Crippen molar-refractivity contribution in [2.24, 2.45) is 0 Å². The Balaban J connectivity index is 0. The first kappa shape index (κ1) is 13.7. The van der Waals surface area contributed by atoms with Gasteiger partial charge in [-0.3, -0.25) is 0 Å². The van der Waals surface area contributed by atoms with E-state index >= 15 is 0 Å². The van der Waals surface area contributed by atoms with Gasteiger partial charge in [0.25, 0.3) is 0 Å². The van der Waals surface area contributed by atoms with Gasteiger partial charge in [0.15, 0.2) is 0 Å². The molecular formula is C11H17KO. The normalized spacial score (nSPS) is 10.7. The van der Waals surface area contributed by atoms with Crippen LogP contribution in [0.25, 0.3) is 0 Å². The third kappa shape index (κ3) is 3.72. The Labute approximate surface area is 124 Å². The Kier molecular flexibility index (Phi) is 5.79. The fourth-order valence-electron chi connectivity index (χ4n) is 1.12. The maximum Gasteiger partial charge on any atom is 1.00 e. The molecule has 68 valence electrons. The minimum atomic E-state index is 0. The fraction of sp³-hybridized carbons (Fsp3) is 0.455. The van der Waals surface area contributed by atoms with E-state index in [1.807, 2.05) is 12.1 Å². The molecular weight excluding hydrogens is 187 g/mol. The van der Waals surface area contributed by atoms with Crippen LogP contribution in [-0.2, 0) is 5.41 Å². The summed E-state index contributed by atoms with van der Waals surface area (Å²) in [6, 6.07) is 7.46. The van der Waals surface area contributed by atoms with Gasteiger partial charge in [0.2, 0.25) is 0 Å². The van der Waals surface area contributed by atoms with Crippen LogP contribution in [0.3, 0.4) is 0 Å². The van der Waals surface area contributed by atoms with E-state index in [0.717, 1.165) is 6.42 Å². The van der Waals surface area contributed by atoms with Crippen molar-refractivity contribution in [3.05, 3.63) is 29.8 Å². The molecule has 0 aliphatic heterocycles. The summed E-state index contributed by atoms with van der Waals surface area (Å²) < 4.78 is 0. The summed E-state index contributed by atoms with van der Waals surface area (Å²) in [7, 11) is 0. The summed E-state index contributed by atoms with van der Waals surface area (Å²) in [5.41, 5.74) is 1.50. The molecule has 0 radical (unpaired) electrons. The first-order valence-corrected chi connectivity index (χ1v) is 4.36. The SMILES string of the molecule is CCC(C)(C)c1ccc(O)cc1.[H-].[K+]. The molecule has 0 aliphatic carbocycles. The molecule has 0 fully saturated rings. The number of hydrogen-bond donors (Lipinski definition) is 1. The van der Waals surface area contributed by atoms with Crippen LogP contribution in [0.5, 0.6) is 5.75 Å². The number of hydrogen-bond acceptors (Lipinski definition) is 1. The van der Waals surface area contributed by atoms with E-state index < -0.39 is 0 Å². The van der Waals surface area contributed by atoms with E-state index in [0.29, 0.717) is 5.75 Å². The molecule has 0 aliphatic rings. The van der Waals surface area contributed by atoms with Gasteiger partial charge in [-0.2, -0.15) is 0 Å². The van der Waals surface area contributed by atoms with Crippen LogP contribution in [-0.4, -0.2) is 5.11 Å². The molecule has 0 amide bonds. The van der Waals surface area contributed by atoms with Gasteiger partial charge in [-0.1, -0.05) is 32.9 Å². The van der Waals surface area contributed by atoms with Crippen molar-refractivity contribution in [1.82, 2.24) is 0 Å². The van der Waals surface area contributed by atoms with Crippen molar-refractivity contribution in [3.8, 4) is 5.75 Å². The predicted octanol–water partition coefficient (Wildman–Crippen LogP) is 0.196. The van der Waals surface area contributed by atoms with Crippen LogP contribution in [0.2, 0.25) is 0 Å². The van der Waals surface area contributed by atoms with E-state index in [1.165, 1.54) is 5.56 Å². The molecule has 1 aromatic rings. The summed E-state index contributed by atoms with van der Waals surface area (Å²) in [6.07, 6.45) is 1.11. The first-order valence-electron chi connectivity index (χ1n) is 4.36. The summed E-state index contributed by atoms with van der Waals surface area (Å²) in [5.74, 6) is 0.339. The van der Waals surface area contributed by atoms with Crippen molar-refractivity contribution in [1.29, 1.82) is 0 Å². The number of phenolic OH excluding ortho intramolecular Hbond substituents is 1. The average molecular weight is 204 g/mol. The summed E-state index contributed by atoms with van der Waals surface area (Å²) >= 11 is 0. The van der Waals surface area contributed by atoms with E-state index in [2.05, 4.69) is 20.8 Å². The van der Waals surface area contributed by atoms with Crippen molar-refractivity contribution >= 4 is 0 Å². The molecule has 0 bridgehead atoms. The number of aromatic hydroxyl groups is 1. The topological polar surface area (TPSA) is 20.2 Å². The number of rotatable bonds is 2. The maximum atomic E-state index is 9.10. The van der Waals surface area contributed by atoms with Gasteiger partial charge in [0.05, 0.1) is 0 Å². The van der Waals surface area contributed by atoms with Crippen molar-refractivity contribution in [3.63, 3.8) is 0 Å². The Hall–Kier alpha value is 0.656. The minimum absolute atomic E-state index is 0. The Bertz CT molecular complexity index is 256. The molecule has 0 spiro atoms. The Morgan fingerprint density at radius 1 is 1.23 bits per heavy atom. The summed E-state index contributed by atoms with van der Waals surface area (Å²) in [6.45, 7) is 6.59. The van der Waals surface area contributed by atoms with Crippen molar-refractivity contribution < 1.29 is 57.9 Å². The molecule has 1 rings (SSSR count). The summed E-state index contributed by atoms with van der Waals surface area (Å²) in [4.78, 5) is 0. The van der Waals surface area contributed by atoms with E-state index in [1.54, 1.807) is 12.1 Å². The molecule has 0 heterocycles. The second kappa shape index (κ2) is 5.52. The first-order chi connectivity index (χ1) is 5.56. The molecule has 0 saturated carbocycles. The van der Waals surface area contributed by atoms with Gasteiger partial charge in [-0.25, -0.2) is 0 Å². The predicted molar refractivity (Wildman–Crippen MR) is 52.5 cm³/mol. The maximum absolute atomic E-state index is 9.10. The molecule has 1 aromatic carbocycles. The van der Waals surface area contributed by atoms with Crippen LogP contribution in [0.4, 0.5) is 0 Å². The third-order valence-electron chi connectivity index (χ3n) is 2.53.